The van der Waals surface area contributed by atoms with Crippen LogP contribution >= 0.6 is 11.3 Å². The van der Waals surface area contributed by atoms with Gasteiger partial charge in [0.25, 0.3) is 0 Å². The van der Waals surface area contributed by atoms with Crippen molar-refractivity contribution in [2.75, 3.05) is 30.4 Å². The number of rotatable bonds is 8. The standard InChI is InChI=1S/C21H28N6O3S/c1-4-30-10-9-23-20-24-12(2)17(19-25-13-11-22-8-7-14(13)31-19)18(27-20)26-15-5-6-16(28)21(15,3)29/h7-8,11,15-16,28-29H,4-6,9-10H2,1-3H3,(H2,23,24,26,27)/t15-,16-,21+/m1/s1. The van der Waals surface area contributed by atoms with Crippen LogP contribution in [0.1, 0.15) is 32.4 Å². The van der Waals surface area contributed by atoms with Gasteiger partial charge in [0.1, 0.15) is 21.9 Å². The van der Waals surface area contributed by atoms with Gasteiger partial charge >= 0.3 is 0 Å². The van der Waals surface area contributed by atoms with E-state index in [0.29, 0.717) is 44.4 Å². The number of nitrogens with one attached hydrogen (secondary N) is 2. The van der Waals surface area contributed by atoms with Gasteiger partial charge in [-0.15, -0.1) is 11.3 Å². The van der Waals surface area contributed by atoms with Crippen LogP contribution < -0.4 is 10.6 Å². The molecule has 0 unspecified atom stereocenters. The minimum atomic E-state index is -1.25. The number of aryl methyl sites for hydroxylation is 1. The average molecular weight is 445 g/mol. The van der Waals surface area contributed by atoms with Gasteiger partial charge in [-0.1, -0.05) is 0 Å². The normalized spacial score (nSPS) is 23.4. The molecule has 9 nitrogen and oxygen atoms in total. The minimum absolute atomic E-state index is 0.345. The van der Waals surface area contributed by atoms with Crippen molar-refractivity contribution >= 4 is 33.3 Å². The van der Waals surface area contributed by atoms with E-state index in [4.69, 9.17) is 14.7 Å². The van der Waals surface area contributed by atoms with Gasteiger partial charge < -0.3 is 25.6 Å². The van der Waals surface area contributed by atoms with Crippen LogP contribution in [0.5, 0.6) is 0 Å². The number of ether oxygens (including phenoxy) is 1. The topological polar surface area (TPSA) is 125 Å². The zero-order valence-electron chi connectivity index (χ0n) is 17.9. The van der Waals surface area contributed by atoms with Crippen molar-refractivity contribution in [2.24, 2.45) is 0 Å². The zero-order valence-corrected chi connectivity index (χ0v) is 18.7. The van der Waals surface area contributed by atoms with E-state index in [1.54, 1.807) is 30.7 Å². The highest BCUT2D eigenvalue weighted by atomic mass is 32.1. The van der Waals surface area contributed by atoms with E-state index in [0.717, 1.165) is 26.5 Å². The summed E-state index contributed by atoms with van der Waals surface area (Å²) in [4.78, 5) is 18.2. The summed E-state index contributed by atoms with van der Waals surface area (Å²) < 4.78 is 6.41. The summed E-state index contributed by atoms with van der Waals surface area (Å²) in [7, 11) is 0. The number of nitrogens with zero attached hydrogens (tertiary/aromatic N) is 4. The maximum absolute atomic E-state index is 10.8. The lowest BCUT2D eigenvalue weighted by atomic mass is 9.98. The smallest absolute Gasteiger partial charge is 0.224 e. The van der Waals surface area contributed by atoms with Gasteiger partial charge in [0.15, 0.2) is 0 Å². The fourth-order valence-electron chi connectivity index (χ4n) is 3.80. The maximum Gasteiger partial charge on any atom is 0.224 e. The van der Waals surface area contributed by atoms with Gasteiger partial charge in [-0.2, -0.15) is 4.98 Å². The third-order valence-corrected chi connectivity index (χ3v) is 6.70. The third kappa shape index (κ3) is 4.47. The lowest BCUT2D eigenvalue weighted by Gasteiger charge is -2.30. The molecule has 0 amide bonds. The first-order valence-corrected chi connectivity index (χ1v) is 11.3. The number of fused-ring (bicyclic) bond motifs is 1. The summed E-state index contributed by atoms with van der Waals surface area (Å²) in [5, 5.41) is 28.3. The first-order valence-electron chi connectivity index (χ1n) is 10.5. The molecule has 1 aliphatic rings. The summed E-state index contributed by atoms with van der Waals surface area (Å²) in [5.74, 6) is 1.06. The quantitative estimate of drug-likeness (QED) is 0.388. The number of aliphatic hydroxyl groups is 2. The highest BCUT2D eigenvalue weighted by Crippen LogP contribution is 2.38. The summed E-state index contributed by atoms with van der Waals surface area (Å²) in [5.41, 5.74) is 1.11. The van der Waals surface area contributed by atoms with Crippen LogP contribution in [0.2, 0.25) is 0 Å². The molecule has 0 saturated heterocycles. The number of anilines is 2. The monoisotopic (exact) mass is 444 g/mol. The van der Waals surface area contributed by atoms with Crippen molar-refractivity contribution in [1.82, 2.24) is 19.9 Å². The van der Waals surface area contributed by atoms with Crippen LogP contribution in [0, 0.1) is 6.92 Å². The Kier molecular flexibility index (Phi) is 6.33. The van der Waals surface area contributed by atoms with Crippen LogP contribution in [0.4, 0.5) is 11.8 Å². The number of aromatic nitrogens is 4. The van der Waals surface area contributed by atoms with Crippen molar-refractivity contribution in [2.45, 2.75) is 51.4 Å². The van der Waals surface area contributed by atoms with Crippen LogP contribution in [0.3, 0.4) is 0 Å². The average Bonchev–Trinajstić information content (AvgIpc) is 3.27. The van der Waals surface area contributed by atoms with Crippen LogP contribution in [0.25, 0.3) is 20.8 Å². The summed E-state index contributed by atoms with van der Waals surface area (Å²) in [6.07, 6.45) is 3.85. The Hall–Kier alpha value is -2.40. The van der Waals surface area contributed by atoms with E-state index in [9.17, 15) is 10.2 Å². The second-order valence-electron chi connectivity index (χ2n) is 7.86. The zero-order chi connectivity index (χ0) is 22.0. The second kappa shape index (κ2) is 8.99. The molecule has 10 heteroatoms. The van der Waals surface area contributed by atoms with Gasteiger partial charge in [0.2, 0.25) is 5.95 Å². The predicted molar refractivity (Wildman–Crippen MR) is 121 cm³/mol. The van der Waals surface area contributed by atoms with Crippen molar-refractivity contribution in [1.29, 1.82) is 0 Å². The van der Waals surface area contributed by atoms with Crippen molar-refractivity contribution in [3.05, 3.63) is 24.2 Å². The molecule has 0 aromatic carbocycles. The Morgan fingerprint density at radius 1 is 1.29 bits per heavy atom. The molecular formula is C21H28N6O3S. The number of thiazole rings is 1. The molecule has 1 aliphatic carbocycles. The number of hydrogen-bond donors (Lipinski definition) is 4. The van der Waals surface area contributed by atoms with Gasteiger partial charge in [0, 0.05) is 19.3 Å². The molecule has 4 N–H and O–H groups in total. The highest BCUT2D eigenvalue weighted by molar-refractivity contribution is 7.21. The van der Waals surface area contributed by atoms with E-state index in [2.05, 4.69) is 20.6 Å². The fourth-order valence-corrected chi connectivity index (χ4v) is 4.83. The molecular weight excluding hydrogens is 416 g/mol. The lowest BCUT2D eigenvalue weighted by Crippen LogP contribution is -2.47. The molecule has 0 aliphatic heterocycles. The lowest BCUT2D eigenvalue weighted by molar-refractivity contribution is -0.0439. The molecule has 166 valence electrons. The van der Waals surface area contributed by atoms with Gasteiger partial charge in [-0.05, 0) is 39.7 Å². The Morgan fingerprint density at radius 2 is 2.13 bits per heavy atom. The summed E-state index contributed by atoms with van der Waals surface area (Å²) >= 11 is 1.54. The van der Waals surface area contributed by atoms with E-state index >= 15 is 0 Å². The van der Waals surface area contributed by atoms with E-state index in [-0.39, 0.29) is 6.04 Å². The molecule has 0 radical (unpaired) electrons. The molecule has 1 saturated carbocycles. The van der Waals surface area contributed by atoms with Crippen molar-refractivity contribution in [3.63, 3.8) is 0 Å². The van der Waals surface area contributed by atoms with Crippen molar-refractivity contribution in [3.8, 4) is 10.6 Å². The Bertz CT molecular complexity index is 1020. The predicted octanol–water partition coefficient (Wildman–Crippen LogP) is 2.59. The molecule has 0 bridgehead atoms. The molecule has 0 spiro atoms. The molecule has 4 rings (SSSR count). The number of aliphatic hydroxyl groups excluding tert-OH is 1. The van der Waals surface area contributed by atoms with Crippen LogP contribution in [0.15, 0.2) is 18.5 Å². The summed E-state index contributed by atoms with van der Waals surface area (Å²) in [6, 6.07) is 1.59. The number of pyridine rings is 1. The molecule has 3 aromatic heterocycles. The van der Waals surface area contributed by atoms with E-state index < -0.39 is 11.7 Å². The third-order valence-electron chi connectivity index (χ3n) is 5.65. The molecule has 31 heavy (non-hydrogen) atoms. The maximum atomic E-state index is 10.8. The van der Waals surface area contributed by atoms with Crippen LogP contribution in [-0.2, 0) is 4.74 Å². The molecule has 1 fully saturated rings. The molecule has 3 atom stereocenters. The largest absolute Gasteiger partial charge is 0.390 e. The molecule has 3 heterocycles. The highest BCUT2D eigenvalue weighted by Gasteiger charge is 2.45. The van der Waals surface area contributed by atoms with Crippen molar-refractivity contribution < 1.29 is 14.9 Å². The minimum Gasteiger partial charge on any atom is -0.390 e. The van der Waals surface area contributed by atoms with E-state index in [1.165, 1.54) is 0 Å². The Morgan fingerprint density at radius 3 is 2.84 bits per heavy atom. The SMILES string of the molecule is CCOCCNc1nc(C)c(-c2nc3cnccc3s2)c(N[C@@H]2CC[C@@H](O)[C@@]2(C)O)n1. The first kappa shape index (κ1) is 21.8. The number of hydrogen-bond acceptors (Lipinski definition) is 10. The van der Waals surface area contributed by atoms with Gasteiger partial charge in [-0.3, -0.25) is 4.98 Å². The van der Waals surface area contributed by atoms with Gasteiger partial charge in [-0.25, -0.2) is 9.97 Å². The second-order valence-corrected chi connectivity index (χ2v) is 8.89. The Balaban J connectivity index is 1.72. The van der Waals surface area contributed by atoms with Crippen LogP contribution in [-0.4, -0.2) is 67.7 Å². The summed E-state index contributed by atoms with van der Waals surface area (Å²) in [6.45, 7) is 7.31. The van der Waals surface area contributed by atoms with E-state index in [1.807, 2.05) is 19.9 Å². The molecule has 3 aromatic rings. The fraction of sp³-hybridized carbons (Fsp3) is 0.524. The first-order chi connectivity index (χ1) is 14.9. The Labute approximate surface area is 184 Å². The van der Waals surface area contributed by atoms with Gasteiger partial charge in [0.05, 0.1) is 40.9 Å².